The van der Waals surface area contributed by atoms with E-state index in [-0.39, 0.29) is 11.9 Å². The fourth-order valence-corrected chi connectivity index (χ4v) is 4.29. The zero-order valence-electron chi connectivity index (χ0n) is 15.8. The Hall–Kier alpha value is -2.51. The first-order valence-electron chi connectivity index (χ1n) is 9.82. The Labute approximate surface area is 163 Å². The molecular weight excluding hydrogens is 358 g/mol. The summed E-state index contributed by atoms with van der Waals surface area (Å²) in [5.74, 6) is 1.92. The summed E-state index contributed by atoms with van der Waals surface area (Å²) in [5.41, 5.74) is 2.62. The second-order valence-corrected chi connectivity index (χ2v) is 7.76. The van der Waals surface area contributed by atoms with Crippen molar-refractivity contribution in [3.8, 4) is 17.5 Å². The summed E-state index contributed by atoms with van der Waals surface area (Å²) in [6.45, 7) is 3.37. The zero-order valence-corrected chi connectivity index (χ0v) is 15.8. The predicted molar refractivity (Wildman–Crippen MR) is 101 cm³/mol. The lowest BCUT2D eigenvalue weighted by Crippen LogP contribution is -2.56. The predicted octanol–water partition coefficient (Wildman–Crippen LogP) is 2.60. The van der Waals surface area contributed by atoms with E-state index in [2.05, 4.69) is 15.3 Å². The van der Waals surface area contributed by atoms with Crippen LogP contribution in [0.4, 0.5) is 0 Å². The number of rotatable bonds is 4. The van der Waals surface area contributed by atoms with Crippen LogP contribution in [0.2, 0.25) is 0 Å². The Kier molecular flexibility index (Phi) is 4.49. The van der Waals surface area contributed by atoms with Crippen LogP contribution in [0.3, 0.4) is 0 Å². The number of Topliss-reactive ketones (excluding diaryl/α,β-unsaturated/α-hetero) is 1. The summed E-state index contributed by atoms with van der Waals surface area (Å²) in [6.07, 6.45) is 4.72. The Morgan fingerprint density at radius 1 is 1.11 bits per heavy atom. The molecule has 2 fully saturated rings. The minimum Gasteiger partial charge on any atom is -0.474 e. The molecule has 2 aromatic rings. The lowest BCUT2D eigenvalue weighted by Gasteiger charge is -2.39. The lowest BCUT2D eigenvalue weighted by molar-refractivity contribution is -0.0134. The fourth-order valence-electron chi connectivity index (χ4n) is 4.29. The van der Waals surface area contributed by atoms with Crippen molar-refractivity contribution in [1.29, 1.82) is 0 Å². The normalized spacial score (nSPS) is 26.0. The highest BCUT2D eigenvalue weighted by molar-refractivity contribution is 6.00. The van der Waals surface area contributed by atoms with Gasteiger partial charge in [0, 0.05) is 36.9 Å². The number of benzene rings is 1. The van der Waals surface area contributed by atoms with Crippen LogP contribution in [0.15, 0.2) is 24.5 Å². The zero-order chi connectivity index (χ0) is 19.1. The molecule has 2 bridgehead atoms. The van der Waals surface area contributed by atoms with Gasteiger partial charge in [0.1, 0.15) is 18.2 Å². The van der Waals surface area contributed by atoms with Crippen LogP contribution >= 0.6 is 0 Å². The third-order valence-electron chi connectivity index (χ3n) is 5.69. The van der Waals surface area contributed by atoms with E-state index >= 15 is 0 Å². The molecule has 2 atom stereocenters. The Morgan fingerprint density at radius 2 is 1.89 bits per heavy atom. The van der Waals surface area contributed by atoms with E-state index in [0.717, 1.165) is 49.2 Å². The van der Waals surface area contributed by atoms with Crippen molar-refractivity contribution in [1.82, 2.24) is 15.3 Å². The SMILES string of the molecule is Cc1c(Oc2ccc3c(c2)CCC3=O)ncnc1OC1CC2COCC(C1)N2. The van der Waals surface area contributed by atoms with Crippen LogP contribution in [0.1, 0.15) is 40.7 Å². The van der Waals surface area contributed by atoms with E-state index < -0.39 is 0 Å². The monoisotopic (exact) mass is 381 g/mol. The molecule has 1 aromatic heterocycles. The van der Waals surface area contributed by atoms with Gasteiger partial charge in [-0.1, -0.05) is 0 Å². The van der Waals surface area contributed by atoms with Crippen LogP contribution in [0.5, 0.6) is 17.5 Å². The van der Waals surface area contributed by atoms with Gasteiger partial charge in [-0.3, -0.25) is 4.79 Å². The van der Waals surface area contributed by atoms with E-state index in [1.54, 1.807) is 0 Å². The van der Waals surface area contributed by atoms with Gasteiger partial charge in [-0.05, 0) is 37.1 Å². The second kappa shape index (κ2) is 7.14. The van der Waals surface area contributed by atoms with Crippen LogP contribution in [-0.2, 0) is 11.2 Å². The van der Waals surface area contributed by atoms with Gasteiger partial charge in [0.05, 0.1) is 18.8 Å². The summed E-state index contributed by atoms with van der Waals surface area (Å²) in [5, 5.41) is 3.56. The van der Waals surface area contributed by atoms with Gasteiger partial charge in [-0.2, -0.15) is 0 Å². The Balaban J connectivity index is 1.32. The standard InChI is InChI=1S/C21H23N3O4/c1-12-20(27-16-3-4-18-13(6-16)2-5-19(18)25)22-11-23-21(12)28-17-7-14-9-26-10-15(8-17)24-14/h3-4,6,11,14-15,17,24H,2,5,7-10H2,1H3. The topological polar surface area (TPSA) is 82.6 Å². The summed E-state index contributed by atoms with van der Waals surface area (Å²) in [7, 11) is 0. The summed E-state index contributed by atoms with van der Waals surface area (Å²) in [4.78, 5) is 20.4. The number of carbonyl (C=O) groups excluding carboxylic acids is 1. The number of ketones is 1. The van der Waals surface area contributed by atoms with Crippen LogP contribution in [0, 0.1) is 6.92 Å². The second-order valence-electron chi connectivity index (χ2n) is 7.76. The minimum absolute atomic E-state index is 0.104. The first kappa shape index (κ1) is 17.6. The molecule has 1 aliphatic carbocycles. The Bertz CT molecular complexity index is 905. The van der Waals surface area contributed by atoms with Crippen molar-refractivity contribution in [2.45, 2.75) is 50.8 Å². The quantitative estimate of drug-likeness (QED) is 0.872. The van der Waals surface area contributed by atoms with E-state index in [4.69, 9.17) is 14.2 Å². The average Bonchev–Trinajstić information content (AvgIpc) is 3.05. The molecule has 7 heteroatoms. The van der Waals surface area contributed by atoms with Crippen molar-refractivity contribution >= 4 is 5.78 Å². The summed E-state index contributed by atoms with van der Waals surface area (Å²) >= 11 is 0. The van der Waals surface area contributed by atoms with Gasteiger partial charge in [-0.15, -0.1) is 0 Å². The molecule has 2 saturated heterocycles. The number of carbonyl (C=O) groups is 1. The number of nitrogens with zero attached hydrogens (tertiary/aromatic N) is 2. The maximum atomic E-state index is 11.8. The Morgan fingerprint density at radius 3 is 2.71 bits per heavy atom. The van der Waals surface area contributed by atoms with Gasteiger partial charge < -0.3 is 19.5 Å². The molecule has 3 heterocycles. The number of fused-ring (bicyclic) bond motifs is 3. The van der Waals surface area contributed by atoms with Gasteiger partial charge in [0.25, 0.3) is 0 Å². The van der Waals surface area contributed by atoms with Crippen molar-refractivity contribution < 1.29 is 19.0 Å². The largest absolute Gasteiger partial charge is 0.474 e. The van der Waals surface area contributed by atoms with E-state index in [1.807, 2.05) is 25.1 Å². The highest BCUT2D eigenvalue weighted by Crippen LogP contribution is 2.32. The highest BCUT2D eigenvalue weighted by Gasteiger charge is 2.33. The number of aryl methyl sites for hydroxylation is 1. The van der Waals surface area contributed by atoms with Gasteiger partial charge >= 0.3 is 0 Å². The molecular formula is C21H23N3O4. The van der Waals surface area contributed by atoms with Crippen molar-refractivity contribution in [3.63, 3.8) is 0 Å². The maximum Gasteiger partial charge on any atom is 0.229 e. The molecule has 28 heavy (non-hydrogen) atoms. The molecule has 1 aromatic carbocycles. The van der Waals surface area contributed by atoms with E-state index in [1.165, 1.54) is 6.33 Å². The number of aromatic nitrogens is 2. The van der Waals surface area contributed by atoms with Gasteiger partial charge in [-0.25, -0.2) is 9.97 Å². The smallest absolute Gasteiger partial charge is 0.229 e. The molecule has 2 aliphatic heterocycles. The van der Waals surface area contributed by atoms with Crippen molar-refractivity contribution in [2.75, 3.05) is 13.2 Å². The number of ether oxygens (including phenoxy) is 3. The highest BCUT2D eigenvalue weighted by atomic mass is 16.5. The van der Waals surface area contributed by atoms with E-state index in [9.17, 15) is 4.79 Å². The summed E-state index contributed by atoms with van der Waals surface area (Å²) < 4.78 is 17.8. The fraction of sp³-hybridized carbons (Fsp3) is 0.476. The third-order valence-corrected chi connectivity index (χ3v) is 5.69. The minimum atomic E-state index is 0.104. The molecule has 2 unspecified atom stereocenters. The molecule has 0 amide bonds. The van der Waals surface area contributed by atoms with Crippen LogP contribution < -0.4 is 14.8 Å². The average molecular weight is 381 g/mol. The lowest BCUT2D eigenvalue weighted by atomic mass is 9.95. The van der Waals surface area contributed by atoms with Gasteiger partial charge in [0.2, 0.25) is 11.8 Å². The summed E-state index contributed by atoms with van der Waals surface area (Å²) in [6, 6.07) is 6.26. The molecule has 5 rings (SSSR count). The van der Waals surface area contributed by atoms with Gasteiger partial charge in [0.15, 0.2) is 5.78 Å². The molecule has 0 radical (unpaired) electrons. The first-order chi connectivity index (χ1) is 13.7. The number of hydrogen-bond acceptors (Lipinski definition) is 7. The molecule has 3 aliphatic rings. The molecule has 1 N–H and O–H groups in total. The number of hydrogen-bond donors (Lipinski definition) is 1. The molecule has 0 spiro atoms. The number of piperidine rings is 1. The van der Waals surface area contributed by atoms with Crippen LogP contribution in [-0.4, -0.2) is 47.2 Å². The number of nitrogens with one attached hydrogen (secondary N) is 1. The first-order valence-corrected chi connectivity index (χ1v) is 9.82. The molecule has 0 saturated carbocycles. The third kappa shape index (κ3) is 3.36. The van der Waals surface area contributed by atoms with Crippen LogP contribution in [0.25, 0.3) is 0 Å². The van der Waals surface area contributed by atoms with E-state index in [0.29, 0.717) is 36.0 Å². The van der Waals surface area contributed by atoms with Crippen molar-refractivity contribution in [2.24, 2.45) is 0 Å². The molecule has 146 valence electrons. The van der Waals surface area contributed by atoms with Crippen molar-refractivity contribution in [3.05, 3.63) is 41.2 Å². The molecule has 7 nitrogen and oxygen atoms in total. The number of morpholine rings is 1. The maximum absolute atomic E-state index is 11.8.